The van der Waals surface area contributed by atoms with Crippen LogP contribution in [0.4, 0.5) is 0 Å². The number of nitrogens with zero attached hydrogens (tertiary/aromatic N) is 3. The first-order valence-corrected chi connectivity index (χ1v) is 7.80. The monoisotopic (exact) mass is 272 g/mol. The zero-order valence-corrected chi connectivity index (χ0v) is 12.3. The van der Waals surface area contributed by atoms with Crippen LogP contribution >= 0.6 is 0 Å². The first kappa shape index (κ1) is 12.8. The molecule has 0 amide bonds. The molecular formula is C16H24N4. The highest BCUT2D eigenvalue weighted by Crippen LogP contribution is 2.36. The Morgan fingerprint density at radius 2 is 1.90 bits per heavy atom. The molecule has 0 bridgehead atoms. The Labute approximate surface area is 121 Å². The number of hydrogen-bond donors (Lipinski definition) is 1. The molecule has 0 aliphatic carbocycles. The minimum atomic E-state index is 0.143. The molecule has 2 atom stereocenters. The zero-order chi connectivity index (χ0) is 13.6. The maximum atomic E-state index is 3.73. The number of hydrogen-bond acceptors (Lipinski definition) is 4. The maximum Gasteiger partial charge on any atom is 0.101 e. The van der Waals surface area contributed by atoms with E-state index < -0.39 is 0 Å². The molecule has 3 saturated heterocycles. The van der Waals surface area contributed by atoms with Gasteiger partial charge in [-0.15, -0.1) is 0 Å². The molecule has 3 aliphatic heterocycles. The highest BCUT2D eigenvalue weighted by molar-refractivity contribution is 5.16. The van der Waals surface area contributed by atoms with E-state index >= 15 is 0 Å². The second-order valence-electron chi connectivity index (χ2n) is 6.38. The lowest BCUT2D eigenvalue weighted by atomic mass is 10.0. The smallest absolute Gasteiger partial charge is 0.101 e. The molecule has 4 nitrogen and oxygen atoms in total. The fraction of sp³-hybridized carbons (Fsp3) is 0.625. The van der Waals surface area contributed by atoms with Crippen LogP contribution in [0.1, 0.15) is 12.5 Å². The number of benzene rings is 1. The molecular weight excluding hydrogens is 248 g/mol. The average Bonchev–Trinajstić information content (AvgIpc) is 3.06. The molecule has 2 unspecified atom stereocenters. The molecule has 3 aliphatic rings. The Morgan fingerprint density at radius 3 is 2.75 bits per heavy atom. The van der Waals surface area contributed by atoms with E-state index in [0.29, 0.717) is 6.17 Å². The maximum absolute atomic E-state index is 3.73. The van der Waals surface area contributed by atoms with Crippen LogP contribution in [-0.4, -0.2) is 65.8 Å². The molecule has 0 saturated carbocycles. The van der Waals surface area contributed by atoms with Gasteiger partial charge >= 0.3 is 0 Å². The van der Waals surface area contributed by atoms with Gasteiger partial charge in [-0.3, -0.25) is 20.0 Å². The predicted molar refractivity (Wildman–Crippen MR) is 80.2 cm³/mol. The van der Waals surface area contributed by atoms with E-state index in [0.717, 1.165) is 13.1 Å². The van der Waals surface area contributed by atoms with E-state index in [1.54, 1.807) is 0 Å². The fourth-order valence-electron chi connectivity index (χ4n) is 4.25. The molecule has 4 rings (SSSR count). The quantitative estimate of drug-likeness (QED) is 0.858. The van der Waals surface area contributed by atoms with Crippen molar-refractivity contribution in [3.63, 3.8) is 0 Å². The van der Waals surface area contributed by atoms with Gasteiger partial charge < -0.3 is 0 Å². The molecule has 1 aromatic rings. The molecule has 108 valence electrons. The van der Waals surface area contributed by atoms with Crippen molar-refractivity contribution in [3.8, 4) is 0 Å². The molecule has 4 heteroatoms. The van der Waals surface area contributed by atoms with Gasteiger partial charge in [-0.1, -0.05) is 30.3 Å². The van der Waals surface area contributed by atoms with Gasteiger partial charge in [-0.25, -0.2) is 0 Å². The van der Waals surface area contributed by atoms with Gasteiger partial charge in [0.1, 0.15) is 5.66 Å². The number of fused-ring (bicyclic) bond motifs is 3. The van der Waals surface area contributed by atoms with E-state index in [9.17, 15) is 0 Å². The standard InChI is InChI=1S/C16H24N4/c1-16-15-17-7-8-18(15)9-10-19(16)11-12-20(16)13-14-5-3-2-4-6-14/h2-6,15,17H,7-13H2,1H3. The topological polar surface area (TPSA) is 21.8 Å². The minimum Gasteiger partial charge on any atom is -0.298 e. The largest absolute Gasteiger partial charge is 0.298 e. The van der Waals surface area contributed by atoms with Crippen LogP contribution in [0.2, 0.25) is 0 Å². The Kier molecular flexibility index (Phi) is 3.07. The van der Waals surface area contributed by atoms with Crippen molar-refractivity contribution in [3.05, 3.63) is 35.9 Å². The summed E-state index contributed by atoms with van der Waals surface area (Å²) in [5.74, 6) is 0. The molecule has 0 spiro atoms. The third-order valence-corrected chi connectivity index (χ3v) is 5.41. The van der Waals surface area contributed by atoms with Crippen LogP contribution < -0.4 is 5.32 Å². The van der Waals surface area contributed by atoms with Crippen molar-refractivity contribution in [2.45, 2.75) is 25.3 Å². The molecule has 20 heavy (non-hydrogen) atoms. The molecule has 0 radical (unpaired) electrons. The predicted octanol–water partition coefficient (Wildman–Crippen LogP) is 0.765. The summed E-state index contributed by atoms with van der Waals surface area (Å²) in [6, 6.07) is 10.9. The third-order valence-electron chi connectivity index (χ3n) is 5.41. The van der Waals surface area contributed by atoms with Crippen LogP contribution in [0.5, 0.6) is 0 Å². The molecule has 1 aromatic carbocycles. The summed E-state index contributed by atoms with van der Waals surface area (Å²) in [6.45, 7) is 10.6. The van der Waals surface area contributed by atoms with E-state index in [-0.39, 0.29) is 5.66 Å². The Balaban J connectivity index is 1.61. The molecule has 0 aromatic heterocycles. The van der Waals surface area contributed by atoms with Crippen LogP contribution in [0, 0.1) is 0 Å². The summed E-state index contributed by atoms with van der Waals surface area (Å²) in [5, 5.41) is 3.73. The van der Waals surface area contributed by atoms with E-state index in [1.165, 1.54) is 38.3 Å². The Morgan fingerprint density at radius 1 is 1.10 bits per heavy atom. The van der Waals surface area contributed by atoms with Gasteiger partial charge in [0.15, 0.2) is 0 Å². The van der Waals surface area contributed by atoms with Crippen LogP contribution in [-0.2, 0) is 6.54 Å². The van der Waals surface area contributed by atoms with Crippen molar-refractivity contribution in [2.75, 3.05) is 39.3 Å². The van der Waals surface area contributed by atoms with Crippen molar-refractivity contribution in [1.82, 2.24) is 20.0 Å². The Hall–Kier alpha value is -0.940. The van der Waals surface area contributed by atoms with Gasteiger partial charge in [0.05, 0.1) is 6.17 Å². The summed E-state index contributed by atoms with van der Waals surface area (Å²) in [5.41, 5.74) is 1.57. The molecule has 1 N–H and O–H groups in total. The van der Waals surface area contributed by atoms with Gasteiger partial charge in [-0.2, -0.15) is 0 Å². The van der Waals surface area contributed by atoms with Gasteiger partial charge in [0, 0.05) is 45.8 Å². The average molecular weight is 272 g/mol. The Bertz CT molecular complexity index is 477. The normalized spacial score (nSPS) is 35.1. The molecule has 3 fully saturated rings. The lowest BCUT2D eigenvalue weighted by Gasteiger charge is -2.52. The highest BCUT2D eigenvalue weighted by Gasteiger charge is 2.54. The van der Waals surface area contributed by atoms with Crippen LogP contribution in [0.15, 0.2) is 30.3 Å². The summed E-state index contributed by atoms with van der Waals surface area (Å²) in [7, 11) is 0. The highest BCUT2D eigenvalue weighted by atomic mass is 15.6. The van der Waals surface area contributed by atoms with Gasteiger partial charge in [0.25, 0.3) is 0 Å². The number of piperazine rings is 1. The van der Waals surface area contributed by atoms with Gasteiger partial charge in [-0.05, 0) is 12.5 Å². The molecule has 3 heterocycles. The SMILES string of the molecule is CC12C3NCCN3CCN1CCN2Cc1ccccc1. The van der Waals surface area contributed by atoms with E-state index in [4.69, 9.17) is 0 Å². The first-order valence-electron chi connectivity index (χ1n) is 7.80. The third kappa shape index (κ3) is 1.83. The minimum absolute atomic E-state index is 0.143. The summed E-state index contributed by atoms with van der Waals surface area (Å²) in [6.07, 6.45) is 0.488. The summed E-state index contributed by atoms with van der Waals surface area (Å²) >= 11 is 0. The van der Waals surface area contributed by atoms with Crippen LogP contribution in [0.25, 0.3) is 0 Å². The van der Waals surface area contributed by atoms with Gasteiger partial charge in [0.2, 0.25) is 0 Å². The number of rotatable bonds is 2. The van der Waals surface area contributed by atoms with Crippen molar-refractivity contribution >= 4 is 0 Å². The first-order chi connectivity index (χ1) is 9.78. The zero-order valence-electron chi connectivity index (χ0n) is 12.3. The summed E-state index contributed by atoms with van der Waals surface area (Å²) < 4.78 is 0. The van der Waals surface area contributed by atoms with Crippen molar-refractivity contribution < 1.29 is 0 Å². The number of nitrogens with one attached hydrogen (secondary N) is 1. The second kappa shape index (κ2) is 4.81. The van der Waals surface area contributed by atoms with Crippen molar-refractivity contribution in [2.24, 2.45) is 0 Å². The van der Waals surface area contributed by atoms with E-state index in [2.05, 4.69) is 57.3 Å². The van der Waals surface area contributed by atoms with Crippen molar-refractivity contribution in [1.29, 1.82) is 0 Å². The lowest BCUT2D eigenvalue weighted by molar-refractivity contribution is -0.0827. The lowest BCUT2D eigenvalue weighted by Crippen LogP contribution is -2.70. The van der Waals surface area contributed by atoms with E-state index in [1.807, 2.05) is 0 Å². The fourth-order valence-corrected chi connectivity index (χ4v) is 4.25. The van der Waals surface area contributed by atoms with Crippen LogP contribution in [0.3, 0.4) is 0 Å². The second-order valence-corrected chi connectivity index (χ2v) is 6.38. The summed E-state index contributed by atoms with van der Waals surface area (Å²) in [4.78, 5) is 7.96.